The summed E-state index contributed by atoms with van der Waals surface area (Å²) < 4.78 is 23.5. The second kappa shape index (κ2) is 5.76. The standard InChI is InChI=1S/C12H9FN2O4/c13-8-1-2-10(18-6-12(16)17)11(3-8)19-9-4-14-7-15-5-9/h1-5,7H,6H2,(H,16,17). The van der Waals surface area contributed by atoms with Crippen molar-refractivity contribution >= 4 is 5.97 Å². The number of aromatic nitrogens is 2. The molecule has 0 saturated carbocycles. The first-order chi connectivity index (χ1) is 9.15. The maximum atomic E-state index is 13.2. The van der Waals surface area contributed by atoms with Crippen LogP contribution in [0.5, 0.6) is 17.2 Å². The van der Waals surface area contributed by atoms with Crippen molar-refractivity contribution in [1.29, 1.82) is 0 Å². The molecule has 0 amide bonds. The molecule has 0 fully saturated rings. The van der Waals surface area contributed by atoms with Gasteiger partial charge in [0.25, 0.3) is 0 Å². The quantitative estimate of drug-likeness (QED) is 0.887. The Labute approximate surface area is 107 Å². The van der Waals surface area contributed by atoms with Crippen LogP contribution < -0.4 is 9.47 Å². The highest BCUT2D eigenvalue weighted by Crippen LogP contribution is 2.31. The Morgan fingerprint density at radius 2 is 2.00 bits per heavy atom. The topological polar surface area (TPSA) is 81.5 Å². The van der Waals surface area contributed by atoms with E-state index in [1.807, 2.05) is 0 Å². The van der Waals surface area contributed by atoms with E-state index in [-0.39, 0.29) is 17.2 Å². The first kappa shape index (κ1) is 12.7. The number of ether oxygens (including phenoxy) is 2. The summed E-state index contributed by atoms with van der Waals surface area (Å²) in [4.78, 5) is 17.9. The monoisotopic (exact) mass is 264 g/mol. The van der Waals surface area contributed by atoms with Crippen molar-refractivity contribution in [2.75, 3.05) is 6.61 Å². The molecule has 1 N–H and O–H groups in total. The maximum Gasteiger partial charge on any atom is 0.341 e. The minimum atomic E-state index is -1.14. The Morgan fingerprint density at radius 3 is 2.68 bits per heavy atom. The molecular weight excluding hydrogens is 255 g/mol. The summed E-state index contributed by atoms with van der Waals surface area (Å²) in [6.45, 7) is -0.548. The molecule has 0 radical (unpaired) electrons. The second-order valence-corrected chi connectivity index (χ2v) is 3.45. The zero-order valence-corrected chi connectivity index (χ0v) is 9.62. The van der Waals surface area contributed by atoms with Crippen molar-refractivity contribution in [3.05, 3.63) is 42.7 Å². The molecule has 0 saturated heterocycles. The van der Waals surface area contributed by atoms with Crippen LogP contribution in [0.4, 0.5) is 4.39 Å². The molecule has 0 atom stereocenters. The van der Waals surface area contributed by atoms with Crippen LogP contribution in [0, 0.1) is 5.82 Å². The number of rotatable bonds is 5. The van der Waals surface area contributed by atoms with Crippen LogP contribution in [-0.4, -0.2) is 27.7 Å². The molecule has 1 aromatic heterocycles. The van der Waals surface area contributed by atoms with Gasteiger partial charge in [0.2, 0.25) is 0 Å². The zero-order valence-electron chi connectivity index (χ0n) is 9.62. The predicted octanol–water partition coefficient (Wildman–Crippen LogP) is 1.87. The number of carboxylic acids is 1. The molecule has 0 bridgehead atoms. The third kappa shape index (κ3) is 3.63. The Kier molecular flexibility index (Phi) is 3.87. The predicted molar refractivity (Wildman–Crippen MR) is 61.6 cm³/mol. The normalized spacial score (nSPS) is 9.95. The van der Waals surface area contributed by atoms with Gasteiger partial charge in [0.1, 0.15) is 12.1 Å². The van der Waals surface area contributed by atoms with Crippen molar-refractivity contribution in [2.24, 2.45) is 0 Å². The van der Waals surface area contributed by atoms with Gasteiger partial charge < -0.3 is 14.6 Å². The number of hydrogen-bond donors (Lipinski definition) is 1. The van der Waals surface area contributed by atoms with E-state index in [0.29, 0.717) is 0 Å². The second-order valence-electron chi connectivity index (χ2n) is 3.45. The molecule has 0 aliphatic heterocycles. The van der Waals surface area contributed by atoms with E-state index < -0.39 is 18.4 Å². The number of carbonyl (C=O) groups is 1. The van der Waals surface area contributed by atoms with Crippen LogP contribution in [0.15, 0.2) is 36.9 Å². The van der Waals surface area contributed by atoms with Crippen molar-refractivity contribution in [2.45, 2.75) is 0 Å². The van der Waals surface area contributed by atoms with Crippen LogP contribution >= 0.6 is 0 Å². The van der Waals surface area contributed by atoms with Gasteiger partial charge in [-0.15, -0.1) is 0 Å². The van der Waals surface area contributed by atoms with Gasteiger partial charge in [-0.05, 0) is 12.1 Å². The number of carboxylic acid groups (broad SMARTS) is 1. The van der Waals surface area contributed by atoms with Crippen molar-refractivity contribution in [3.8, 4) is 17.2 Å². The summed E-state index contributed by atoms with van der Waals surface area (Å²) in [5, 5.41) is 8.55. The summed E-state index contributed by atoms with van der Waals surface area (Å²) >= 11 is 0. The van der Waals surface area contributed by atoms with Crippen LogP contribution in [-0.2, 0) is 4.79 Å². The largest absolute Gasteiger partial charge is 0.479 e. The number of aliphatic carboxylic acids is 1. The van der Waals surface area contributed by atoms with Crippen molar-refractivity contribution < 1.29 is 23.8 Å². The summed E-state index contributed by atoms with van der Waals surface area (Å²) in [7, 11) is 0. The summed E-state index contributed by atoms with van der Waals surface area (Å²) in [6, 6.07) is 3.52. The molecule has 1 aromatic carbocycles. The molecule has 0 unspecified atom stereocenters. The highest BCUT2D eigenvalue weighted by atomic mass is 19.1. The SMILES string of the molecule is O=C(O)COc1ccc(F)cc1Oc1cncnc1. The summed E-state index contributed by atoms with van der Waals surface area (Å²) in [5.41, 5.74) is 0. The first-order valence-electron chi connectivity index (χ1n) is 5.22. The molecule has 0 aliphatic carbocycles. The molecule has 1 heterocycles. The molecule has 98 valence electrons. The Morgan fingerprint density at radius 1 is 1.26 bits per heavy atom. The van der Waals surface area contributed by atoms with Gasteiger partial charge in [-0.3, -0.25) is 0 Å². The number of benzene rings is 1. The molecule has 19 heavy (non-hydrogen) atoms. The van der Waals surface area contributed by atoms with Crippen LogP contribution in [0.25, 0.3) is 0 Å². The lowest BCUT2D eigenvalue weighted by molar-refractivity contribution is -0.139. The van der Waals surface area contributed by atoms with E-state index in [1.165, 1.54) is 24.8 Å². The van der Waals surface area contributed by atoms with E-state index in [0.717, 1.165) is 12.1 Å². The Balaban J connectivity index is 2.22. The zero-order chi connectivity index (χ0) is 13.7. The molecule has 2 rings (SSSR count). The number of hydrogen-bond acceptors (Lipinski definition) is 5. The van der Waals surface area contributed by atoms with Gasteiger partial charge in [0.05, 0.1) is 12.4 Å². The lowest BCUT2D eigenvalue weighted by Gasteiger charge is -2.10. The van der Waals surface area contributed by atoms with Crippen molar-refractivity contribution in [3.63, 3.8) is 0 Å². The molecule has 7 heteroatoms. The van der Waals surface area contributed by atoms with Gasteiger partial charge in [-0.1, -0.05) is 0 Å². The van der Waals surface area contributed by atoms with E-state index in [9.17, 15) is 9.18 Å². The fourth-order valence-electron chi connectivity index (χ4n) is 1.29. The highest BCUT2D eigenvalue weighted by molar-refractivity contribution is 5.68. The molecular formula is C12H9FN2O4. The third-order valence-corrected chi connectivity index (χ3v) is 2.02. The molecule has 0 aliphatic rings. The molecule has 2 aromatic rings. The van der Waals surface area contributed by atoms with E-state index >= 15 is 0 Å². The Hall–Kier alpha value is -2.70. The number of halogens is 1. The smallest absolute Gasteiger partial charge is 0.341 e. The average Bonchev–Trinajstić information content (AvgIpc) is 2.39. The van der Waals surface area contributed by atoms with Crippen LogP contribution in [0.3, 0.4) is 0 Å². The van der Waals surface area contributed by atoms with Crippen LogP contribution in [0.1, 0.15) is 0 Å². The van der Waals surface area contributed by atoms with Gasteiger partial charge in [0, 0.05) is 6.07 Å². The summed E-state index contributed by atoms with van der Waals surface area (Å²) in [5.74, 6) is -1.22. The van der Waals surface area contributed by atoms with Gasteiger partial charge in [-0.25, -0.2) is 19.2 Å². The summed E-state index contributed by atoms with van der Waals surface area (Å²) in [6.07, 6.45) is 4.10. The molecule has 0 spiro atoms. The average molecular weight is 264 g/mol. The van der Waals surface area contributed by atoms with Gasteiger partial charge >= 0.3 is 5.97 Å². The lowest BCUT2D eigenvalue weighted by Crippen LogP contribution is -2.10. The fourth-order valence-corrected chi connectivity index (χ4v) is 1.29. The van der Waals surface area contributed by atoms with E-state index in [1.54, 1.807) is 0 Å². The van der Waals surface area contributed by atoms with Crippen LogP contribution in [0.2, 0.25) is 0 Å². The number of nitrogens with zero attached hydrogens (tertiary/aromatic N) is 2. The fraction of sp³-hybridized carbons (Fsp3) is 0.0833. The van der Waals surface area contributed by atoms with Crippen molar-refractivity contribution in [1.82, 2.24) is 9.97 Å². The van der Waals surface area contributed by atoms with E-state index in [2.05, 4.69) is 9.97 Å². The third-order valence-electron chi connectivity index (χ3n) is 2.02. The van der Waals surface area contributed by atoms with Gasteiger partial charge in [-0.2, -0.15) is 0 Å². The van der Waals surface area contributed by atoms with Gasteiger partial charge in [0.15, 0.2) is 23.9 Å². The first-order valence-corrected chi connectivity index (χ1v) is 5.22. The Bertz CT molecular complexity index is 577. The highest BCUT2D eigenvalue weighted by Gasteiger charge is 2.10. The van der Waals surface area contributed by atoms with E-state index in [4.69, 9.17) is 14.6 Å². The minimum absolute atomic E-state index is 0.0519. The maximum absolute atomic E-state index is 13.2. The molecule has 6 nitrogen and oxygen atoms in total. The minimum Gasteiger partial charge on any atom is -0.479 e. The lowest BCUT2D eigenvalue weighted by atomic mass is 10.3.